The second-order valence-corrected chi connectivity index (χ2v) is 6.64. The first kappa shape index (κ1) is 15.4. The van der Waals surface area contributed by atoms with E-state index in [1.165, 1.54) is 17.4 Å². The van der Waals surface area contributed by atoms with Crippen molar-refractivity contribution < 1.29 is 4.42 Å². The van der Waals surface area contributed by atoms with Gasteiger partial charge in [-0.1, -0.05) is 24.3 Å². The van der Waals surface area contributed by atoms with Crippen LogP contribution >= 0.6 is 0 Å². The molecule has 124 valence electrons. The molecular formula is C20H23N3O. The van der Waals surface area contributed by atoms with E-state index in [0.29, 0.717) is 12.0 Å². The van der Waals surface area contributed by atoms with Gasteiger partial charge in [-0.3, -0.25) is 9.88 Å². The molecule has 1 aliphatic heterocycles. The predicted octanol–water partition coefficient (Wildman–Crippen LogP) is 3.61. The molecule has 0 radical (unpaired) electrons. The number of furan rings is 1. The summed E-state index contributed by atoms with van der Waals surface area (Å²) in [5, 5.41) is 4.75. The van der Waals surface area contributed by atoms with Gasteiger partial charge in [-0.15, -0.1) is 0 Å². The van der Waals surface area contributed by atoms with Crippen molar-refractivity contribution in [3.63, 3.8) is 0 Å². The van der Waals surface area contributed by atoms with E-state index in [2.05, 4.69) is 40.4 Å². The number of benzene rings is 1. The molecule has 1 saturated heterocycles. The van der Waals surface area contributed by atoms with Gasteiger partial charge in [0.25, 0.3) is 0 Å². The van der Waals surface area contributed by atoms with Crippen molar-refractivity contribution in [1.82, 2.24) is 15.2 Å². The van der Waals surface area contributed by atoms with E-state index in [0.717, 1.165) is 31.0 Å². The molecular weight excluding hydrogens is 298 g/mol. The minimum Gasteiger partial charge on any atom is -0.460 e. The molecule has 4 rings (SSSR count). The Morgan fingerprint density at radius 2 is 2.17 bits per heavy atom. The van der Waals surface area contributed by atoms with Crippen molar-refractivity contribution in [2.45, 2.75) is 19.0 Å². The van der Waals surface area contributed by atoms with Gasteiger partial charge in [0.05, 0.1) is 6.54 Å². The standard InChI is InChI=1S/C20H23N3O/c1-23-10-8-17(20(23)16-6-4-9-21-12-16)13-22-14-18-11-15-5-2-3-7-19(15)24-18/h2-7,9,11-12,17,20,22H,8,10,13-14H2,1H3/t17-,20-/m0/s1. The predicted molar refractivity (Wildman–Crippen MR) is 95.6 cm³/mol. The van der Waals surface area contributed by atoms with Crippen LogP contribution in [0.1, 0.15) is 23.8 Å². The summed E-state index contributed by atoms with van der Waals surface area (Å²) >= 11 is 0. The summed E-state index contributed by atoms with van der Waals surface area (Å²) in [6.45, 7) is 2.89. The van der Waals surface area contributed by atoms with Gasteiger partial charge in [0, 0.05) is 30.4 Å². The average Bonchev–Trinajstić information content (AvgIpc) is 3.19. The Bertz CT molecular complexity index is 766. The minimum atomic E-state index is 0.446. The Labute approximate surface area is 142 Å². The summed E-state index contributed by atoms with van der Waals surface area (Å²) in [7, 11) is 2.21. The van der Waals surface area contributed by atoms with E-state index in [1.807, 2.05) is 36.7 Å². The first-order valence-electron chi connectivity index (χ1n) is 8.59. The highest BCUT2D eigenvalue weighted by molar-refractivity contribution is 5.77. The second kappa shape index (κ2) is 6.75. The molecule has 1 fully saturated rings. The van der Waals surface area contributed by atoms with Gasteiger partial charge in [-0.05, 0) is 49.7 Å². The molecule has 4 heteroatoms. The zero-order valence-electron chi connectivity index (χ0n) is 14.0. The number of nitrogens with one attached hydrogen (secondary N) is 1. The van der Waals surface area contributed by atoms with Crippen LogP contribution in [0, 0.1) is 5.92 Å². The van der Waals surface area contributed by atoms with Crippen LogP contribution in [0.15, 0.2) is 59.3 Å². The highest BCUT2D eigenvalue weighted by atomic mass is 16.3. The van der Waals surface area contributed by atoms with E-state index < -0.39 is 0 Å². The van der Waals surface area contributed by atoms with Crippen LogP contribution in [-0.2, 0) is 6.54 Å². The third-order valence-corrected chi connectivity index (χ3v) is 4.98. The van der Waals surface area contributed by atoms with Crippen molar-refractivity contribution in [3.8, 4) is 0 Å². The highest BCUT2D eigenvalue weighted by Crippen LogP contribution is 2.35. The third-order valence-electron chi connectivity index (χ3n) is 4.98. The molecule has 4 nitrogen and oxygen atoms in total. The van der Waals surface area contributed by atoms with Gasteiger partial charge in [0.15, 0.2) is 0 Å². The largest absolute Gasteiger partial charge is 0.460 e. The Hall–Kier alpha value is -2.17. The molecule has 1 N–H and O–H groups in total. The van der Waals surface area contributed by atoms with Crippen LogP contribution in [0.2, 0.25) is 0 Å². The zero-order chi connectivity index (χ0) is 16.4. The summed E-state index contributed by atoms with van der Waals surface area (Å²) < 4.78 is 5.88. The van der Waals surface area contributed by atoms with Gasteiger partial charge < -0.3 is 9.73 Å². The Kier molecular flexibility index (Phi) is 4.32. The van der Waals surface area contributed by atoms with Crippen LogP contribution in [0.5, 0.6) is 0 Å². The van der Waals surface area contributed by atoms with Gasteiger partial charge >= 0.3 is 0 Å². The smallest absolute Gasteiger partial charge is 0.134 e. The number of likely N-dealkylation sites (tertiary alicyclic amines) is 1. The average molecular weight is 321 g/mol. The number of hydrogen-bond donors (Lipinski definition) is 1. The lowest BCUT2D eigenvalue weighted by molar-refractivity contribution is 0.270. The van der Waals surface area contributed by atoms with Crippen LogP contribution < -0.4 is 5.32 Å². The number of para-hydroxylation sites is 1. The lowest BCUT2D eigenvalue weighted by Gasteiger charge is -2.25. The van der Waals surface area contributed by atoms with E-state index in [9.17, 15) is 0 Å². The van der Waals surface area contributed by atoms with Crippen molar-refractivity contribution in [1.29, 1.82) is 0 Å². The fourth-order valence-electron chi connectivity index (χ4n) is 3.82. The van der Waals surface area contributed by atoms with E-state index in [-0.39, 0.29) is 0 Å². The monoisotopic (exact) mass is 321 g/mol. The lowest BCUT2D eigenvalue weighted by Crippen LogP contribution is -2.28. The fourth-order valence-corrected chi connectivity index (χ4v) is 3.82. The van der Waals surface area contributed by atoms with Crippen molar-refractivity contribution in [2.24, 2.45) is 5.92 Å². The van der Waals surface area contributed by atoms with Crippen LogP contribution in [0.3, 0.4) is 0 Å². The van der Waals surface area contributed by atoms with Crippen LogP contribution in [0.25, 0.3) is 11.0 Å². The molecule has 24 heavy (non-hydrogen) atoms. The summed E-state index contributed by atoms with van der Waals surface area (Å²) in [6.07, 6.45) is 5.05. The third kappa shape index (κ3) is 3.07. The summed E-state index contributed by atoms with van der Waals surface area (Å²) in [4.78, 5) is 6.72. The van der Waals surface area contributed by atoms with Crippen molar-refractivity contribution in [3.05, 3.63) is 66.2 Å². The number of hydrogen-bond acceptors (Lipinski definition) is 4. The molecule has 1 aliphatic rings. The number of aromatic nitrogens is 1. The number of nitrogens with zero attached hydrogens (tertiary/aromatic N) is 2. The maximum absolute atomic E-state index is 5.88. The molecule has 0 spiro atoms. The summed E-state index contributed by atoms with van der Waals surface area (Å²) in [5.41, 5.74) is 2.27. The second-order valence-electron chi connectivity index (χ2n) is 6.64. The summed E-state index contributed by atoms with van der Waals surface area (Å²) in [6, 6.07) is 14.9. The van der Waals surface area contributed by atoms with Crippen LogP contribution in [0.4, 0.5) is 0 Å². The highest BCUT2D eigenvalue weighted by Gasteiger charge is 2.32. The first-order chi connectivity index (χ1) is 11.8. The normalized spacial score (nSPS) is 21.5. The minimum absolute atomic E-state index is 0.446. The molecule has 3 aromatic rings. The molecule has 2 aromatic heterocycles. The lowest BCUT2D eigenvalue weighted by atomic mass is 9.95. The van der Waals surface area contributed by atoms with E-state index in [4.69, 9.17) is 4.42 Å². The Morgan fingerprint density at radius 3 is 3.00 bits per heavy atom. The van der Waals surface area contributed by atoms with E-state index in [1.54, 1.807) is 0 Å². The van der Waals surface area contributed by atoms with Crippen molar-refractivity contribution >= 4 is 11.0 Å². The molecule has 0 unspecified atom stereocenters. The van der Waals surface area contributed by atoms with Gasteiger partial charge in [0.1, 0.15) is 11.3 Å². The molecule has 0 amide bonds. The topological polar surface area (TPSA) is 41.3 Å². The van der Waals surface area contributed by atoms with Gasteiger partial charge in [-0.25, -0.2) is 0 Å². The molecule has 0 saturated carbocycles. The van der Waals surface area contributed by atoms with E-state index >= 15 is 0 Å². The quantitative estimate of drug-likeness (QED) is 0.779. The molecule has 0 bridgehead atoms. The Morgan fingerprint density at radius 1 is 1.25 bits per heavy atom. The molecule has 3 heterocycles. The number of pyridine rings is 1. The van der Waals surface area contributed by atoms with Gasteiger partial charge in [0.2, 0.25) is 0 Å². The first-order valence-corrected chi connectivity index (χ1v) is 8.59. The molecule has 2 atom stereocenters. The van der Waals surface area contributed by atoms with Crippen LogP contribution in [-0.4, -0.2) is 30.0 Å². The fraction of sp³-hybridized carbons (Fsp3) is 0.350. The number of fused-ring (bicyclic) bond motifs is 1. The summed E-state index contributed by atoms with van der Waals surface area (Å²) in [5.74, 6) is 1.60. The van der Waals surface area contributed by atoms with Crippen molar-refractivity contribution in [2.75, 3.05) is 20.1 Å². The maximum Gasteiger partial charge on any atom is 0.134 e. The van der Waals surface area contributed by atoms with Gasteiger partial charge in [-0.2, -0.15) is 0 Å². The maximum atomic E-state index is 5.88. The molecule has 1 aromatic carbocycles. The zero-order valence-corrected chi connectivity index (χ0v) is 14.0. The SMILES string of the molecule is CN1CC[C@@H](CNCc2cc3ccccc3o2)[C@@H]1c1cccnc1. The molecule has 0 aliphatic carbocycles. The Balaban J connectivity index is 1.39. The number of rotatable bonds is 5.